The van der Waals surface area contributed by atoms with Crippen LogP contribution in [-0.4, -0.2) is 34.0 Å². The zero-order valence-corrected chi connectivity index (χ0v) is 16.8. The largest absolute Gasteiger partial charge is 0.395 e. The smallest absolute Gasteiger partial charge is 0.254 e. The van der Waals surface area contributed by atoms with Gasteiger partial charge in [-0.1, -0.05) is 33.6 Å². The molecule has 0 spiro atoms. The Kier molecular flexibility index (Phi) is 5.77. The lowest BCUT2D eigenvalue weighted by Gasteiger charge is -2.22. The number of aromatic amines is 1. The average Bonchev–Trinajstić information content (AvgIpc) is 2.62. The molecule has 0 atom stereocenters. The van der Waals surface area contributed by atoms with E-state index in [4.69, 9.17) is 0 Å². The highest BCUT2D eigenvalue weighted by Gasteiger charge is 2.18. The number of hydrogen-bond acceptors (Lipinski definition) is 3. The van der Waals surface area contributed by atoms with E-state index in [1.54, 1.807) is 18.2 Å². The zero-order valence-electron chi connectivity index (χ0n) is 15.3. The van der Waals surface area contributed by atoms with Gasteiger partial charge in [0.25, 0.3) is 11.5 Å². The van der Waals surface area contributed by atoms with Gasteiger partial charge in [0, 0.05) is 22.1 Å². The number of carbonyl (C=O) groups is 1. The SMILES string of the molecule is Cc1cc(C)c2[nH]c(=O)c(CN(CCO)C(=O)c3cccc(Br)c3)cc2c1. The second-order valence-electron chi connectivity index (χ2n) is 6.63. The van der Waals surface area contributed by atoms with Gasteiger partial charge in [-0.2, -0.15) is 0 Å². The molecule has 0 unspecified atom stereocenters. The number of nitrogens with zero attached hydrogens (tertiary/aromatic N) is 1. The number of fused-ring (bicyclic) bond motifs is 1. The topological polar surface area (TPSA) is 73.4 Å². The van der Waals surface area contributed by atoms with Crippen LogP contribution in [-0.2, 0) is 6.54 Å². The van der Waals surface area contributed by atoms with Gasteiger partial charge in [0.05, 0.1) is 18.7 Å². The fraction of sp³-hybridized carbons (Fsp3) is 0.238. The Balaban J connectivity index is 1.98. The summed E-state index contributed by atoms with van der Waals surface area (Å²) in [4.78, 5) is 29.8. The molecule has 2 N–H and O–H groups in total. The summed E-state index contributed by atoms with van der Waals surface area (Å²) in [5, 5.41) is 10.3. The maximum atomic E-state index is 12.9. The van der Waals surface area contributed by atoms with Crippen molar-refractivity contribution in [1.29, 1.82) is 0 Å². The van der Waals surface area contributed by atoms with Crippen molar-refractivity contribution in [3.63, 3.8) is 0 Å². The van der Waals surface area contributed by atoms with E-state index in [2.05, 4.69) is 20.9 Å². The van der Waals surface area contributed by atoms with Crippen molar-refractivity contribution in [2.45, 2.75) is 20.4 Å². The van der Waals surface area contributed by atoms with Crippen LogP contribution in [0.3, 0.4) is 0 Å². The van der Waals surface area contributed by atoms with Crippen molar-refractivity contribution in [2.24, 2.45) is 0 Å². The van der Waals surface area contributed by atoms with E-state index in [0.717, 1.165) is 26.5 Å². The number of amides is 1. The predicted octanol–water partition coefficient (Wildman–Crippen LogP) is 3.54. The molecular formula is C21H21BrN2O3. The van der Waals surface area contributed by atoms with E-state index in [1.807, 2.05) is 38.1 Å². The van der Waals surface area contributed by atoms with Gasteiger partial charge in [0.2, 0.25) is 0 Å². The third kappa shape index (κ3) is 4.28. The first-order valence-electron chi connectivity index (χ1n) is 8.68. The Hall–Kier alpha value is -2.44. The van der Waals surface area contributed by atoms with Gasteiger partial charge in [-0.3, -0.25) is 9.59 Å². The molecule has 140 valence electrons. The molecule has 6 heteroatoms. The third-order valence-electron chi connectivity index (χ3n) is 4.46. The number of aromatic nitrogens is 1. The second-order valence-corrected chi connectivity index (χ2v) is 7.55. The van der Waals surface area contributed by atoms with Crippen LogP contribution in [0, 0.1) is 13.8 Å². The number of benzene rings is 2. The van der Waals surface area contributed by atoms with Crippen LogP contribution in [0.15, 0.2) is 51.7 Å². The van der Waals surface area contributed by atoms with E-state index in [0.29, 0.717) is 11.1 Å². The molecule has 0 aliphatic rings. The Labute approximate surface area is 165 Å². The molecule has 0 aliphatic heterocycles. The van der Waals surface area contributed by atoms with E-state index in [9.17, 15) is 14.7 Å². The van der Waals surface area contributed by atoms with Crippen LogP contribution in [0.2, 0.25) is 0 Å². The van der Waals surface area contributed by atoms with E-state index in [1.165, 1.54) is 4.90 Å². The number of aliphatic hydroxyl groups is 1. The summed E-state index contributed by atoms with van der Waals surface area (Å²) < 4.78 is 0.798. The van der Waals surface area contributed by atoms with Crippen LogP contribution in [0.4, 0.5) is 0 Å². The van der Waals surface area contributed by atoms with Gasteiger partial charge >= 0.3 is 0 Å². The number of H-pyrrole nitrogens is 1. The lowest BCUT2D eigenvalue weighted by Crippen LogP contribution is -2.35. The van der Waals surface area contributed by atoms with Gasteiger partial charge in [-0.25, -0.2) is 0 Å². The van der Waals surface area contributed by atoms with Crippen molar-refractivity contribution in [3.05, 3.63) is 79.5 Å². The lowest BCUT2D eigenvalue weighted by atomic mass is 10.0. The number of halogens is 1. The van der Waals surface area contributed by atoms with Crippen molar-refractivity contribution < 1.29 is 9.90 Å². The first-order chi connectivity index (χ1) is 12.9. The monoisotopic (exact) mass is 428 g/mol. The molecule has 0 saturated heterocycles. The van der Waals surface area contributed by atoms with Crippen LogP contribution < -0.4 is 5.56 Å². The molecule has 27 heavy (non-hydrogen) atoms. The maximum absolute atomic E-state index is 12.9. The average molecular weight is 429 g/mol. The third-order valence-corrected chi connectivity index (χ3v) is 4.95. The summed E-state index contributed by atoms with van der Waals surface area (Å²) in [5.74, 6) is -0.231. The minimum absolute atomic E-state index is 0.129. The number of aliphatic hydroxyl groups excluding tert-OH is 1. The number of carbonyl (C=O) groups excluding carboxylic acids is 1. The van der Waals surface area contributed by atoms with Gasteiger partial charge in [0.1, 0.15) is 0 Å². The molecule has 1 heterocycles. The Bertz CT molecular complexity index is 1060. The molecular weight excluding hydrogens is 408 g/mol. The molecule has 0 aliphatic carbocycles. The van der Waals surface area contributed by atoms with Crippen LogP contribution >= 0.6 is 15.9 Å². The van der Waals surface area contributed by atoms with Crippen molar-refractivity contribution in [1.82, 2.24) is 9.88 Å². The number of hydrogen-bond donors (Lipinski definition) is 2. The molecule has 3 aromatic rings. The summed E-state index contributed by atoms with van der Waals surface area (Å²) in [5.41, 5.74) is 3.69. The first-order valence-corrected chi connectivity index (χ1v) is 9.47. The van der Waals surface area contributed by atoms with Crippen molar-refractivity contribution in [2.75, 3.05) is 13.2 Å². The highest BCUT2D eigenvalue weighted by atomic mass is 79.9. The van der Waals surface area contributed by atoms with Gasteiger partial charge in [-0.05, 0) is 55.1 Å². The highest BCUT2D eigenvalue weighted by Crippen LogP contribution is 2.19. The lowest BCUT2D eigenvalue weighted by molar-refractivity contribution is 0.0707. The fourth-order valence-corrected chi connectivity index (χ4v) is 3.63. The van der Waals surface area contributed by atoms with E-state index < -0.39 is 0 Å². The van der Waals surface area contributed by atoms with Crippen molar-refractivity contribution >= 4 is 32.7 Å². The van der Waals surface area contributed by atoms with E-state index >= 15 is 0 Å². The zero-order chi connectivity index (χ0) is 19.6. The number of aryl methyl sites for hydroxylation is 2. The Morgan fingerprint density at radius 3 is 2.67 bits per heavy atom. The van der Waals surface area contributed by atoms with E-state index in [-0.39, 0.29) is 31.2 Å². The summed E-state index contributed by atoms with van der Waals surface area (Å²) in [7, 11) is 0. The standard InChI is InChI=1S/C21H21BrN2O3/c1-13-8-14(2)19-16(9-13)10-17(20(26)23-19)12-24(6-7-25)21(27)15-4-3-5-18(22)11-15/h3-5,8-11,25H,6-7,12H2,1-2H3,(H,23,26). The molecule has 1 amide bonds. The van der Waals surface area contributed by atoms with Crippen LogP contribution in [0.25, 0.3) is 10.9 Å². The fourth-order valence-electron chi connectivity index (χ4n) is 3.23. The minimum atomic E-state index is -0.231. The summed E-state index contributed by atoms with van der Waals surface area (Å²) in [6.07, 6.45) is 0. The summed E-state index contributed by atoms with van der Waals surface area (Å²) in [6.45, 7) is 4.06. The molecule has 1 aromatic heterocycles. The maximum Gasteiger partial charge on any atom is 0.254 e. The Morgan fingerprint density at radius 2 is 1.96 bits per heavy atom. The molecule has 0 saturated carbocycles. The van der Waals surface area contributed by atoms with Gasteiger partial charge < -0.3 is 15.0 Å². The number of nitrogens with one attached hydrogen (secondary N) is 1. The quantitative estimate of drug-likeness (QED) is 0.652. The van der Waals surface area contributed by atoms with Crippen molar-refractivity contribution in [3.8, 4) is 0 Å². The number of rotatable bonds is 5. The Morgan fingerprint density at radius 1 is 1.19 bits per heavy atom. The molecule has 2 aromatic carbocycles. The molecule has 0 bridgehead atoms. The first kappa shape index (κ1) is 19.3. The van der Waals surface area contributed by atoms with Gasteiger partial charge in [0.15, 0.2) is 0 Å². The molecule has 5 nitrogen and oxygen atoms in total. The predicted molar refractivity (Wildman–Crippen MR) is 110 cm³/mol. The second kappa shape index (κ2) is 8.06. The molecule has 3 rings (SSSR count). The minimum Gasteiger partial charge on any atom is -0.395 e. The van der Waals surface area contributed by atoms with Crippen LogP contribution in [0.5, 0.6) is 0 Å². The highest BCUT2D eigenvalue weighted by molar-refractivity contribution is 9.10. The normalized spacial score (nSPS) is 11.0. The molecule has 0 radical (unpaired) electrons. The van der Waals surface area contributed by atoms with Gasteiger partial charge in [-0.15, -0.1) is 0 Å². The summed E-state index contributed by atoms with van der Waals surface area (Å²) >= 11 is 3.36. The number of pyridine rings is 1. The van der Waals surface area contributed by atoms with Crippen LogP contribution in [0.1, 0.15) is 27.0 Å². The molecule has 0 fully saturated rings. The summed E-state index contributed by atoms with van der Waals surface area (Å²) in [6, 6.07) is 12.9.